The van der Waals surface area contributed by atoms with E-state index in [2.05, 4.69) is 43.5 Å². The molecule has 1 aromatic carbocycles. The number of hydrogen-bond acceptors (Lipinski definition) is 3. The molecule has 1 fully saturated rings. The lowest BCUT2D eigenvalue weighted by molar-refractivity contribution is 0.0625. The van der Waals surface area contributed by atoms with Gasteiger partial charge in [-0.1, -0.05) is 22.0 Å². The molecule has 0 spiro atoms. The number of nitrogens with one attached hydrogen (secondary N) is 2. The minimum atomic E-state index is -0.0732. The van der Waals surface area contributed by atoms with Crippen molar-refractivity contribution in [3.8, 4) is 0 Å². The SMILES string of the molecule is CN=C(NCCNC(=O)c1cccc(Br)c1)N(C)CCC1CCOCC1.I. The highest BCUT2D eigenvalue weighted by atomic mass is 127. The molecule has 2 rings (SSSR count). The predicted molar refractivity (Wildman–Crippen MR) is 124 cm³/mol. The second kappa shape index (κ2) is 13.3. The van der Waals surface area contributed by atoms with Crippen molar-refractivity contribution in [2.45, 2.75) is 19.3 Å². The summed E-state index contributed by atoms with van der Waals surface area (Å²) in [4.78, 5) is 18.6. The standard InChI is InChI=1S/C19H29BrN4O2.HI/c1-21-19(24(2)11-6-15-7-12-26-13-8-15)23-10-9-22-18(25)16-4-3-5-17(20)14-16;/h3-5,14-15H,6-13H2,1-2H3,(H,21,23)(H,22,25);1H. The van der Waals surface area contributed by atoms with Crippen LogP contribution in [0.1, 0.15) is 29.6 Å². The number of guanidine groups is 1. The molecule has 0 unspecified atom stereocenters. The monoisotopic (exact) mass is 552 g/mol. The highest BCUT2D eigenvalue weighted by Crippen LogP contribution is 2.18. The number of benzene rings is 1. The lowest BCUT2D eigenvalue weighted by Gasteiger charge is -2.26. The zero-order chi connectivity index (χ0) is 18.8. The number of aliphatic imine (C=N–C) groups is 1. The Balaban J connectivity index is 0.00000364. The van der Waals surface area contributed by atoms with Crippen LogP contribution in [-0.2, 0) is 4.74 Å². The highest BCUT2D eigenvalue weighted by molar-refractivity contribution is 14.0. The Morgan fingerprint density at radius 1 is 1.30 bits per heavy atom. The van der Waals surface area contributed by atoms with Gasteiger partial charge in [0.15, 0.2) is 5.96 Å². The number of rotatable bonds is 7. The molecule has 1 aliphatic rings. The molecule has 6 nitrogen and oxygen atoms in total. The molecule has 0 saturated carbocycles. The van der Waals surface area contributed by atoms with E-state index in [1.54, 1.807) is 13.1 Å². The van der Waals surface area contributed by atoms with Crippen LogP contribution in [0, 0.1) is 5.92 Å². The average Bonchev–Trinajstić information content (AvgIpc) is 2.67. The molecule has 0 aromatic heterocycles. The molecule has 152 valence electrons. The molecule has 1 aliphatic heterocycles. The van der Waals surface area contributed by atoms with Crippen LogP contribution in [0.15, 0.2) is 33.7 Å². The van der Waals surface area contributed by atoms with Gasteiger partial charge in [-0.15, -0.1) is 24.0 Å². The Bertz CT molecular complexity index is 609. The molecular weight excluding hydrogens is 523 g/mol. The van der Waals surface area contributed by atoms with Crippen molar-refractivity contribution in [2.75, 3.05) is 46.9 Å². The minimum Gasteiger partial charge on any atom is -0.381 e. The first-order chi connectivity index (χ1) is 12.6. The van der Waals surface area contributed by atoms with Gasteiger partial charge in [-0.3, -0.25) is 9.79 Å². The molecule has 1 aromatic rings. The summed E-state index contributed by atoms with van der Waals surface area (Å²) in [5.41, 5.74) is 0.650. The second-order valence-electron chi connectivity index (χ2n) is 6.51. The van der Waals surface area contributed by atoms with Crippen molar-refractivity contribution in [2.24, 2.45) is 10.9 Å². The van der Waals surface area contributed by atoms with Crippen LogP contribution < -0.4 is 10.6 Å². The van der Waals surface area contributed by atoms with Crippen LogP contribution in [-0.4, -0.2) is 63.7 Å². The molecule has 0 bridgehead atoms. The van der Waals surface area contributed by atoms with E-state index in [0.29, 0.717) is 18.7 Å². The van der Waals surface area contributed by atoms with E-state index in [4.69, 9.17) is 4.74 Å². The van der Waals surface area contributed by atoms with Gasteiger partial charge in [0, 0.05) is 57.0 Å². The van der Waals surface area contributed by atoms with Gasteiger partial charge in [0.2, 0.25) is 0 Å². The summed E-state index contributed by atoms with van der Waals surface area (Å²) in [6, 6.07) is 7.37. The first kappa shape index (κ1) is 24.2. The Morgan fingerprint density at radius 2 is 2.00 bits per heavy atom. The third-order valence-electron chi connectivity index (χ3n) is 4.57. The highest BCUT2D eigenvalue weighted by Gasteiger charge is 2.15. The number of carbonyl (C=O) groups excluding carboxylic acids is 1. The molecule has 1 saturated heterocycles. The normalized spacial score (nSPS) is 15.0. The first-order valence-electron chi connectivity index (χ1n) is 9.13. The van der Waals surface area contributed by atoms with Crippen LogP contribution in [0.2, 0.25) is 0 Å². The second-order valence-corrected chi connectivity index (χ2v) is 7.42. The van der Waals surface area contributed by atoms with E-state index in [1.807, 2.05) is 18.2 Å². The van der Waals surface area contributed by atoms with Gasteiger partial charge >= 0.3 is 0 Å². The summed E-state index contributed by atoms with van der Waals surface area (Å²) in [6.07, 6.45) is 3.46. The van der Waals surface area contributed by atoms with Crippen LogP contribution >= 0.6 is 39.9 Å². The Kier molecular flexibility index (Phi) is 11.9. The zero-order valence-corrected chi connectivity index (χ0v) is 20.0. The number of amides is 1. The van der Waals surface area contributed by atoms with Gasteiger partial charge in [-0.05, 0) is 43.4 Å². The van der Waals surface area contributed by atoms with Crippen molar-refractivity contribution < 1.29 is 9.53 Å². The third kappa shape index (κ3) is 8.78. The summed E-state index contributed by atoms with van der Waals surface area (Å²) in [5.74, 6) is 1.53. The largest absolute Gasteiger partial charge is 0.381 e. The number of carbonyl (C=O) groups is 1. The Morgan fingerprint density at radius 3 is 2.67 bits per heavy atom. The van der Waals surface area contributed by atoms with E-state index in [-0.39, 0.29) is 29.9 Å². The van der Waals surface area contributed by atoms with Crippen LogP contribution in [0.4, 0.5) is 0 Å². The topological polar surface area (TPSA) is 66.0 Å². The molecular formula is C19H30BrIN4O2. The fourth-order valence-corrected chi connectivity index (χ4v) is 3.38. The van der Waals surface area contributed by atoms with E-state index >= 15 is 0 Å². The molecule has 0 aliphatic carbocycles. The molecule has 1 heterocycles. The van der Waals surface area contributed by atoms with Crippen molar-refractivity contribution in [1.29, 1.82) is 0 Å². The van der Waals surface area contributed by atoms with Crippen molar-refractivity contribution in [1.82, 2.24) is 15.5 Å². The van der Waals surface area contributed by atoms with Crippen molar-refractivity contribution in [3.63, 3.8) is 0 Å². The maximum absolute atomic E-state index is 12.1. The van der Waals surface area contributed by atoms with E-state index in [0.717, 1.165) is 55.4 Å². The Labute approximate surface area is 187 Å². The molecule has 27 heavy (non-hydrogen) atoms. The van der Waals surface area contributed by atoms with E-state index in [9.17, 15) is 4.79 Å². The van der Waals surface area contributed by atoms with Crippen molar-refractivity contribution in [3.05, 3.63) is 34.3 Å². The van der Waals surface area contributed by atoms with Crippen LogP contribution in [0.5, 0.6) is 0 Å². The van der Waals surface area contributed by atoms with Gasteiger partial charge in [-0.2, -0.15) is 0 Å². The maximum Gasteiger partial charge on any atom is 0.251 e. The fraction of sp³-hybridized carbons (Fsp3) is 0.579. The quantitative estimate of drug-likeness (QED) is 0.236. The smallest absolute Gasteiger partial charge is 0.251 e. The lowest BCUT2D eigenvalue weighted by Crippen LogP contribution is -2.43. The predicted octanol–water partition coefficient (Wildman–Crippen LogP) is 3.12. The van der Waals surface area contributed by atoms with Crippen LogP contribution in [0.3, 0.4) is 0 Å². The Hall–Kier alpha value is -0.870. The van der Waals surface area contributed by atoms with Gasteiger partial charge in [0.05, 0.1) is 0 Å². The summed E-state index contributed by atoms with van der Waals surface area (Å²) in [5, 5.41) is 6.22. The molecule has 0 radical (unpaired) electrons. The maximum atomic E-state index is 12.1. The fourth-order valence-electron chi connectivity index (χ4n) is 2.98. The molecule has 2 N–H and O–H groups in total. The number of nitrogens with zero attached hydrogens (tertiary/aromatic N) is 2. The van der Waals surface area contributed by atoms with Crippen molar-refractivity contribution >= 4 is 51.8 Å². The third-order valence-corrected chi connectivity index (χ3v) is 5.06. The summed E-state index contributed by atoms with van der Waals surface area (Å²) in [7, 11) is 3.84. The minimum absolute atomic E-state index is 0. The van der Waals surface area contributed by atoms with Crippen LogP contribution in [0.25, 0.3) is 0 Å². The van der Waals surface area contributed by atoms with Gasteiger partial charge in [0.25, 0.3) is 5.91 Å². The summed E-state index contributed by atoms with van der Waals surface area (Å²) >= 11 is 3.38. The van der Waals surface area contributed by atoms with E-state index in [1.165, 1.54) is 0 Å². The number of halogens is 2. The van der Waals surface area contributed by atoms with Gasteiger partial charge < -0.3 is 20.3 Å². The average molecular weight is 553 g/mol. The summed E-state index contributed by atoms with van der Waals surface area (Å²) in [6.45, 7) is 3.92. The number of ether oxygens (including phenoxy) is 1. The zero-order valence-electron chi connectivity index (χ0n) is 16.0. The van der Waals surface area contributed by atoms with Gasteiger partial charge in [0.1, 0.15) is 0 Å². The summed E-state index contributed by atoms with van der Waals surface area (Å²) < 4.78 is 6.31. The molecule has 0 atom stereocenters. The first-order valence-corrected chi connectivity index (χ1v) is 9.92. The van der Waals surface area contributed by atoms with E-state index < -0.39 is 0 Å². The lowest BCUT2D eigenvalue weighted by atomic mass is 9.96. The molecule has 8 heteroatoms. The van der Waals surface area contributed by atoms with Gasteiger partial charge in [-0.25, -0.2) is 0 Å². The number of hydrogen-bond donors (Lipinski definition) is 2. The molecule has 1 amide bonds.